The van der Waals surface area contributed by atoms with E-state index in [0.29, 0.717) is 0 Å². The van der Waals surface area contributed by atoms with E-state index in [2.05, 4.69) is 12.6 Å². The molecular formula is C8H17ClN2O6S. The lowest BCUT2D eigenvalue weighted by Gasteiger charge is -2.01. The van der Waals surface area contributed by atoms with E-state index < -0.39 is 30.0 Å². The molecule has 0 bridgehead atoms. The molecule has 0 unspecified atom stereocenters. The van der Waals surface area contributed by atoms with E-state index in [4.69, 9.17) is 26.8 Å². The average Bonchev–Trinajstić information content (AvgIpc) is 2.24. The first kappa shape index (κ1) is 22.2. The molecule has 0 aliphatic heterocycles. The zero-order chi connectivity index (χ0) is 14.0. The normalized spacial score (nSPS) is 12.2. The van der Waals surface area contributed by atoms with Gasteiger partial charge in [-0.2, -0.15) is 12.6 Å². The third-order valence-corrected chi connectivity index (χ3v) is 1.89. The van der Waals surface area contributed by atoms with Crippen molar-refractivity contribution in [1.82, 2.24) is 0 Å². The maximum Gasteiger partial charge on any atom is 0.321 e. The van der Waals surface area contributed by atoms with Crippen molar-refractivity contribution in [2.45, 2.75) is 24.9 Å². The second-order valence-electron chi connectivity index (χ2n) is 3.00. The van der Waals surface area contributed by atoms with Gasteiger partial charge in [0.1, 0.15) is 12.1 Å². The van der Waals surface area contributed by atoms with Crippen LogP contribution in [0.25, 0.3) is 0 Å². The second kappa shape index (κ2) is 12.4. The Morgan fingerprint density at radius 3 is 1.56 bits per heavy atom. The van der Waals surface area contributed by atoms with E-state index in [1.165, 1.54) is 0 Å². The first-order valence-electron chi connectivity index (χ1n) is 4.51. The highest BCUT2D eigenvalue weighted by Gasteiger charge is 2.12. The number of hydrogen-bond donors (Lipinski definition) is 6. The van der Waals surface area contributed by atoms with Crippen LogP contribution in [-0.4, -0.2) is 51.1 Å². The number of halogens is 1. The van der Waals surface area contributed by atoms with Gasteiger partial charge < -0.3 is 26.8 Å². The van der Waals surface area contributed by atoms with E-state index in [1.807, 2.05) is 0 Å². The molecule has 10 heteroatoms. The zero-order valence-electron chi connectivity index (χ0n) is 9.35. The van der Waals surface area contributed by atoms with E-state index in [9.17, 15) is 14.4 Å². The fraction of sp³-hybridized carbons (Fsp3) is 0.625. The van der Waals surface area contributed by atoms with Crippen LogP contribution in [0.5, 0.6) is 0 Å². The van der Waals surface area contributed by atoms with Gasteiger partial charge in [-0.25, -0.2) is 0 Å². The molecule has 0 radical (unpaired) electrons. The summed E-state index contributed by atoms with van der Waals surface area (Å²) < 4.78 is 0. The van der Waals surface area contributed by atoms with Gasteiger partial charge in [-0.3, -0.25) is 14.4 Å². The van der Waals surface area contributed by atoms with Gasteiger partial charge in [0, 0.05) is 12.2 Å². The number of thiol groups is 1. The quantitative estimate of drug-likeness (QED) is 0.340. The van der Waals surface area contributed by atoms with Crippen molar-refractivity contribution in [3.63, 3.8) is 0 Å². The van der Waals surface area contributed by atoms with Crippen LogP contribution >= 0.6 is 25.0 Å². The molecule has 0 amide bonds. The highest BCUT2D eigenvalue weighted by molar-refractivity contribution is 7.80. The Morgan fingerprint density at radius 1 is 1.00 bits per heavy atom. The maximum atomic E-state index is 9.99. The number of hydrogen-bond acceptors (Lipinski definition) is 6. The van der Waals surface area contributed by atoms with Crippen LogP contribution in [0.3, 0.4) is 0 Å². The molecule has 7 N–H and O–H groups in total. The third kappa shape index (κ3) is 15.0. The zero-order valence-corrected chi connectivity index (χ0v) is 11.1. The summed E-state index contributed by atoms with van der Waals surface area (Å²) in [5, 5.41) is 24.3. The van der Waals surface area contributed by atoms with Crippen LogP contribution < -0.4 is 11.5 Å². The Morgan fingerprint density at radius 2 is 1.39 bits per heavy atom. The molecule has 0 saturated heterocycles. The minimum Gasteiger partial charge on any atom is -0.481 e. The van der Waals surface area contributed by atoms with Crippen molar-refractivity contribution in [3.05, 3.63) is 0 Å². The Kier molecular flexibility index (Phi) is 15.3. The predicted octanol–water partition coefficient (Wildman–Crippen LogP) is -0.987. The average molecular weight is 305 g/mol. The summed E-state index contributed by atoms with van der Waals surface area (Å²) in [4.78, 5) is 29.6. The van der Waals surface area contributed by atoms with Crippen LogP contribution in [0.4, 0.5) is 0 Å². The summed E-state index contributed by atoms with van der Waals surface area (Å²) in [5.41, 5.74) is 9.94. The van der Waals surface area contributed by atoms with Crippen LogP contribution in [0.2, 0.25) is 0 Å². The number of carboxylic acid groups (broad SMARTS) is 3. The summed E-state index contributed by atoms with van der Waals surface area (Å²) in [7, 11) is 0. The van der Waals surface area contributed by atoms with Crippen molar-refractivity contribution >= 4 is 42.9 Å². The smallest absolute Gasteiger partial charge is 0.321 e. The molecule has 0 rings (SSSR count). The lowest BCUT2D eigenvalue weighted by molar-refractivity contribution is -0.140. The number of carboxylic acids is 3. The number of rotatable bonds is 6. The van der Waals surface area contributed by atoms with Gasteiger partial charge in [-0.15, -0.1) is 12.4 Å². The fourth-order valence-corrected chi connectivity index (χ4v) is 0.637. The summed E-state index contributed by atoms with van der Waals surface area (Å²) in [6.07, 6.45) is -0.224. The monoisotopic (exact) mass is 304 g/mol. The second-order valence-corrected chi connectivity index (χ2v) is 3.37. The van der Waals surface area contributed by atoms with Crippen LogP contribution in [0.1, 0.15) is 12.8 Å². The number of aliphatic carboxylic acids is 3. The minimum atomic E-state index is -1.17. The first-order chi connectivity index (χ1) is 7.72. The molecule has 0 aromatic heterocycles. The SMILES string of the molecule is Cl.N[C@@H](CCC(=O)O)C(=O)O.N[C@@H](CS)C(=O)O. The maximum absolute atomic E-state index is 9.99. The molecule has 0 aromatic rings. The molecule has 108 valence electrons. The van der Waals surface area contributed by atoms with E-state index in [0.717, 1.165) is 0 Å². The van der Waals surface area contributed by atoms with E-state index >= 15 is 0 Å². The Bertz CT molecular complexity index is 278. The molecule has 0 aliphatic rings. The van der Waals surface area contributed by atoms with Crippen molar-refractivity contribution in [1.29, 1.82) is 0 Å². The highest BCUT2D eigenvalue weighted by Crippen LogP contribution is 1.93. The molecule has 2 atom stereocenters. The standard InChI is InChI=1S/C5H9NO4.C3H7NO2S.ClH/c6-3(5(9)10)1-2-4(7)8;4-2(1-7)3(5)6;/h3H,1-2,6H2,(H,7,8)(H,9,10);2,7H,1,4H2,(H,5,6);1H/t3-;2-;/m00./s1. The van der Waals surface area contributed by atoms with Crippen LogP contribution in [-0.2, 0) is 14.4 Å². The third-order valence-electron chi connectivity index (χ3n) is 1.50. The van der Waals surface area contributed by atoms with Crippen molar-refractivity contribution in [2.75, 3.05) is 5.75 Å². The largest absolute Gasteiger partial charge is 0.481 e. The van der Waals surface area contributed by atoms with Crippen molar-refractivity contribution in [3.8, 4) is 0 Å². The van der Waals surface area contributed by atoms with Gasteiger partial charge in [-0.05, 0) is 6.42 Å². The van der Waals surface area contributed by atoms with Gasteiger partial charge >= 0.3 is 17.9 Å². The lowest BCUT2D eigenvalue weighted by atomic mass is 10.2. The molecule has 0 saturated carbocycles. The summed E-state index contributed by atoms with van der Waals surface area (Å²) in [6.45, 7) is 0. The Hall–Kier alpha value is -1.03. The topological polar surface area (TPSA) is 164 Å². The van der Waals surface area contributed by atoms with Crippen LogP contribution in [0.15, 0.2) is 0 Å². The Labute approximate surface area is 115 Å². The van der Waals surface area contributed by atoms with Gasteiger partial charge in [0.05, 0.1) is 0 Å². The van der Waals surface area contributed by atoms with Crippen molar-refractivity contribution in [2.24, 2.45) is 11.5 Å². The molecule has 0 spiro atoms. The van der Waals surface area contributed by atoms with Crippen LogP contribution in [0, 0.1) is 0 Å². The molecular weight excluding hydrogens is 288 g/mol. The van der Waals surface area contributed by atoms with Gasteiger partial charge in [0.15, 0.2) is 0 Å². The Balaban J connectivity index is -0.000000251. The fourth-order valence-electron chi connectivity index (χ4n) is 0.481. The summed E-state index contributed by atoms with van der Waals surface area (Å²) in [6, 6.07) is -1.88. The molecule has 0 aromatic carbocycles. The van der Waals surface area contributed by atoms with Gasteiger partial charge in [0.25, 0.3) is 0 Å². The molecule has 0 fully saturated rings. The van der Waals surface area contributed by atoms with Gasteiger partial charge in [0.2, 0.25) is 0 Å². The number of nitrogens with two attached hydrogens (primary N) is 2. The molecule has 8 nitrogen and oxygen atoms in total. The first-order valence-corrected chi connectivity index (χ1v) is 5.15. The lowest BCUT2D eigenvalue weighted by Crippen LogP contribution is -2.31. The predicted molar refractivity (Wildman–Crippen MR) is 69.2 cm³/mol. The van der Waals surface area contributed by atoms with E-state index in [-0.39, 0.29) is 31.0 Å². The molecule has 0 aliphatic carbocycles. The molecule has 0 heterocycles. The van der Waals surface area contributed by atoms with E-state index in [1.54, 1.807) is 0 Å². The summed E-state index contributed by atoms with van der Waals surface area (Å²) >= 11 is 3.65. The molecule has 18 heavy (non-hydrogen) atoms. The van der Waals surface area contributed by atoms with Crippen molar-refractivity contribution < 1.29 is 29.7 Å². The van der Waals surface area contributed by atoms with Gasteiger partial charge in [-0.1, -0.05) is 0 Å². The minimum absolute atomic E-state index is 0. The number of carbonyl (C=O) groups is 3. The highest BCUT2D eigenvalue weighted by atomic mass is 35.5. The summed E-state index contributed by atoms with van der Waals surface area (Å²) in [5.74, 6) is -3.01.